The predicted molar refractivity (Wildman–Crippen MR) is 150 cm³/mol. The van der Waals surface area contributed by atoms with E-state index in [1.807, 2.05) is 25.1 Å². The molecule has 0 spiro atoms. The summed E-state index contributed by atoms with van der Waals surface area (Å²) in [4.78, 5) is 13.9. The van der Waals surface area contributed by atoms with Crippen LogP contribution in [0.5, 0.6) is 0 Å². The number of halogens is 2. The quantitative estimate of drug-likeness (QED) is 0.350. The van der Waals surface area contributed by atoms with Crippen molar-refractivity contribution in [2.75, 3.05) is 26.3 Å². The number of fused-ring (bicyclic) bond motifs is 1. The number of benzene rings is 3. The first-order valence-corrected chi connectivity index (χ1v) is 13.2. The van der Waals surface area contributed by atoms with Crippen LogP contribution in [-0.4, -0.2) is 42.3 Å². The normalized spacial score (nSPS) is 15.7. The second kappa shape index (κ2) is 11.0. The number of carboxylic acid groups (broad SMARTS) is 1. The van der Waals surface area contributed by atoms with Gasteiger partial charge in [-0.1, -0.05) is 60.1 Å². The third-order valence-corrected chi connectivity index (χ3v) is 7.59. The number of carbonyl (C=O) groups is 1. The van der Waals surface area contributed by atoms with Gasteiger partial charge in [-0.25, -0.2) is 4.79 Å². The molecule has 0 bridgehead atoms. The summed E-state index contributed by atoms with van der Waals surface area (Å²) < 4.78 is 12.4. The molecule has 3 aromatic rings. The van der Waals surface area contributed by atoms with Crippen molar-refractivity contribution in [2.24, 2.45) is 0 Å². The number of allylic oxidation sites excluding steroid dienone is 1. The van der Waals surface area contributed by atoms with Gasteiger partial charge in [0, 0.05) is 24.7 Å². The Morgan fingerprint density at radius 2 is 1.78 bits per heavy atom. The van der Waals surface area contributed by atoms with Crippen LogP contribution in [0.2, 0.25) is 5.02 Å². The SMILES string of the molecule is Cc1ccc(C2=C(c3ccc(C=C4CN(CCCF)C4)cc3)c3ccc(C(=O)O)cc3CCC2)c(Cl)c1. The molecule has 0 aromatic heterocycles. The molecule has 1 saturated heterocycles. The number of alkyl halides is 1. The smallest absolute Gasteiger partial charge is 0.335 e. The number of likely N-dealkylation sites (tertiary alicyclic amines) is 1. The molecule has 3 aromatic carbocycles. The molecule has 37 heavy (non-hydrogen) atoms. The largest absolute Gasteiger partial charge is 0.478 e. The minimum absolute atomic E-state index is 0.261. The van der Waals surface area contributed by atoms with Crippen LogP contribution in [0.25, 0.3) is 17.2 Å². The zero-order valence-electron chi connectivity index (χ0n) is 21.1. The molecule has 0 unspecified atom stereocenters. The van der Waals surface area contributed by atoms with Crippen LogP contribution in [-0.2, 0) is 6.42 Å². The summed E-state index contributed by atoms with van der Waals surface area (Å²) in [7, 11) is 0. The van der Waals surface area contributed by atoms with Gasteiger partial charge in [0.2, 0.25) is 0 Å². The van der Waals surface area contributed by atoms with Crippen LogP contribution in [0.4, 0.5) is 4.39 Å². The zero-order chi connectivity index (χ0) is 25.9. The van der Waals surface area contributed by atoms with E-state index in [2.05, 4.69) is 47.4 Å². The average molecular weight is 516 g/mol. The van der Waals surface area contributed by atoms with Gasteiger partial charge < -0.3 is 5.11 Å². The van der Waals surface area contributed by atoms with Crippen LogP contribution in [0.3, 0.4) is 0 Å². The number of hydrogen-bond acceptors (Lipinski definition) is 2. The minimum Gasteiger partial charge on any atom is -0.478 e. The summed E-state index contributed by atoms with van der Waals surface area (Å²) in [5, 5.41) is 10.3. The Labute approximate surface area is 222 Å². The van der Waals surface area contributed by atoms with Crippen molar-refractivity contribution in [1.82, 2.24) is 4.90 Å². The lowest BCUT2D eigenvalue weighted by molar-refractivity contribution is 0.0696. The molecule has 1 heterocycles. The molecule has 5 heteroatoms. The van der Waals surface area contributed by atoms with Crippen molar-refractivity contribution in [3.05, 3.63) is 110 Å². The summed E-state index contributed by atoms with van der Waals surface area (Å²) in [6, 6.07) is 20.3. The Morgan fingerprint density at radius 1 is 1.03 bits per heavy atom. The maximum Gasteiger partial charge on any atom is 0.335 e. The number of hydrogen-bond donors (Lipinski definition) is 1. The lowest BCUT2D eigenvalue weighted by Gasteiger charge is -2.33. The third kappa shape index (κ3) is 5.56. The van der Waals surface area contributed by atoms with Crippen LogP contribution in [0.1, 0.15) is 63.0 Å². The molecule has 1 aliphatic carbocycles. The van der Waals surface area contributed by atoms with Gasteiger partial charge in [0.1, 0.15) is 0 Å². The Balaban J connectivity index is 1.55. The summed E-state index contributed by atoms with van der Waals surface area (Å²) in [6.45, 7) is 4.40. The monoisotopic (exact) mass is 515 g/mol. The van der Waals surface area contributed by atoms with Crippen LogP contribution < -0.4 is 0 Å². The van der Waals surface area contributed by atoms with Crippen LogP contribution >= 0.6 is 11.6 Å². The standard InChI is InChI=1S/C32H31ClFNO2/c1-21-6-12-28(30(33)16-21)29-5-2-4-25-18-26(32(36)37)11-13-27(25)31(29)24-9-7-22(8-10-24)17-23-19-35(20-23)15-3-14-34/h6-13,16-18H,2-5,14-15,19-20H2,1H3,(H,36,37). The van der Waals surface area contributed by atoms with E-state index in [0.29, 0.717) is 12.0 Å². The lowest BCUT2D eigenvalue weighted by Crippen LogP contribution is -2.40. The fourth-order valence-electron chi connectivity index (χ4n) is 5.43. The predicted octanol–water partition coefficient (Wildman–Crippen LogP) is 7.70. The van der Waals surface area contributed by atoms with E-state index in [-0.39, 0.29) is 6.67 Å². The highest BCUT2D eigenvalue weighted by Gasteiger charge is 2.23. The topological polar surface area (TPSA) is 40.5 Å². The number of carboxylic acids is 1. The van der Waals surface area contributed by atoms with Gasteiger partial charge in [0.15, 0.2) is 0 Å². The molecule has 1 aliphatic heterocycles. The van der Waals surface area contributed by atoms with E-state index in [9.17, 15) is 14.3 Å². The molecule has 190 valence electrons. The van der Waals surface area contributed by atoms with E-state index in [0.717, 1.165) is 82.9 Å². The van der Waals surface area contributed by atoms with Gasteiger partial charge in [0.25, 0.3) is 0 Å². The van der Waals surface area contributed by atoms with Crippen molar-refractivity contribution in [3.8, 4) is 0 Å². The molecule has 0 saturated carbocycles. The van der Waals surface area contributed by atoms with Crippen molar-refractivity contribution >= 4 is 34.8 Å². The van der Waals surface area contributed by atoms with Gasteiger partial charge in [0.05, 0.1) is 12.2 Å². The van der Waals surface area contributed by atoms with Gasteiger partial charge in [-0.2, -0.15) is 0 Å². The molecule has 0 radical (unpaired) electrons. The maximum atomic E-state index is 12.4. The summed E-state index contributed by atoms with van der Waals surface area (Å²) in [5.41, 5.74) is 10.5. The van der Waals surface area contributed by atoms with Gasteiger partial charge in [-0.3, -0.25) is 9.29 Å². The van der Waals surface area contributed by atoms with Crippen molar-refractivity contribution in [1.29, 1.82) is 0 Å². The molecular weight excluding hydrogens is 485 g/mol. The molecule has 0 amide bonds. The second-order valence-corrected chi connectivity index (χ2v) is 10.5. The highest BCUT2D eigenvalue weighted by atomic mass is 35.5. The minimum atomic E-state index is -0.906. The zero-order valence-corrected chi connectivity index (χ0v) is 21.8. The number of rotatable bonds is 7. The van der Waals surface area contributed by atoms with E-state index in [1.165, 1.54) is 11.1 Å². The third-order valence-electron chi connectivity index (χ3n) is 7.28. The average Bonchev–Trinajstić information content (AvgIpc) is 3.04. The van der Waals surface area contributed by atoms with Crippen LogP contribution in [0, 0.1) is 6.92 Å². The van der Waals surface area contributed by atoms with E-state index < -0.39 is 5.97 Å². The fraction of sp³-hybridized carbons (Fsp3) is 0.281. The molecule has 3 nitrogen and oxygen atoms in total. The van der Waals surface area contributed by atoms with E-state index in [1.54, 1.807) is 6.07 Å². The number of aryl methyl sites for hydroxylation is 2. The Bertz CT molecular complexity index is 1380. The van der Waals surface area contributed by atoms with E-state index >= 15 is 0 Å². The molecule has 0 atom stereocenters. The highest BCUT2D eigenvalue weighted by molar-refractivity contribution is 6.32. The van der Waals surface area contributed by atoms with Crippen molar-refractivity contribution < 1.29 is 14.3 Å². The maximum absolute atomic E-state index is 12.4. The Kier molecular flexibility index (Phi) is 7.59. The van der Waals surface area contributed by atoms with Gasteiger partial charge in [-0.05, 0) is 101 Å². The molecule has 5 rings (SSSR count). The fourth-order valence-corrected chi connectivity index (χ4v) is 5.78. The lowest BCUT2D eigenvalue weighted by atomic mass is 9.86. The molecule has 1 N–H and O–H groups in total. The molecule has 1 fully saturated rings. The number of aromatic carboxylic acids is 1. The second-order valence-electron chi connectivity index (χ2n) is 10.0. The number of nitrogens with zero attached hydrogens (tertiary/aromatic N) is 1. The first kappa shape index (κ1) is 25.4. The summed E-state index contributed by atoms with van der Waals surface area (Å²) in [5.74, 6) is -0.906. The highest BCUT2D eigenvalue weighted by Crippen LogP contribution is 2.42. The molecule has 2 aliphatic rings. The Hall–Kier alpha value is -3.21. The van der Waals surface area contributed by atoms with Gasteiger partial charge in [-0.15, -0.1) is 0 Å². The van der Waals surface area contributed by atoms with Crippen molar-refractivity contribution in [2.45, 2.75) is 32.6 Å². The van der Waals surface area contributed by atoms with E-state index in [4.69, 9.17) is 11.6 Å². The van der Waals surface area contributed by atoms with Gasteiger partial charge >= 0.3 is 5.97 Å². The first-order chi connectivity index (χ1) is 17.9. The van der Waals surface area contributed by atoms with Crippen LogP contribution in [0.15, 0.2) is 66.2 Å². The Morgan fingerprint density at radius 3 is 2.49 bits per heavy atom. The van der Waals surface area contributed by atoms with Crippen molar-refractivity contribution in [3.63, 3.8) is 0 Å². The molecular formula is C32H31ClFNO2. The first-order valence-electron chi connectivity index (χ1n) is 12.9. The summed E-state index contributed by atoms with van der Waals surface area (Å²) in [6.07, 6.45) is 5.41. The summed E-state index contributed by atoms with van der Waals surface area (Å²) >= 11 is 6.77.